The van der Waals surface area contributed by atoms with Gasteiger partial charge in [0.2, 0.25) is 5.91 Å². The Morgan fingerprint density at radius 3 is 2.71 bits per heavy atom. The van der Waals surface area contributed by atoms with E-state index in [0.29, 0.717) is 6.07 Å². The topological polar surface area (TPSA) is 49.3 Å². The van der Waals surface area contributed by atoms with E-state index in [0.717, 1.165) is 6.07 Å². The standard InChI is InChI=1S/C11H12ClF2NO2/c1-6(16)2-3-10(17)15-11-8(12)4-7(13)5-9(11)14/h4-6,16H,2-3H2,1H3,(H,15,17). The number of benzene rings is 1. The van der Waals surface area contributed by atoms with Crippen molar-refractivity contribution in [3.63, 3.8) is 0 Å². The molecule has 17 heavy (non-hydrogen) atoms. The predicted octanol–water partition coefficient (Wildman–Crippen LogP) is 2.72. The third-order valence-corrected chi connectivity index (χ3v) is 2.36. The molecular formula is C11H12ClF2NO2. The van der Waals surface area contributed by atoms with Gasteiger partial charge in [0, 0.05) is 12.5 Å². The second-order valence-corrected chi connectivity index (χ2v) is 4.09. The molecule has 1 aromatic rings. The fourth-order valence-corrected chi connectivity index (χ4v) is 1.45. The van der Waals surface area contributed by atoms with Crippen LogP contribution in [0.3, 0.4) is 0 Å². The predicted molar refractivity (Wildman–Crippen MR) is 60.9 cm³/mol. The van der Waals surface area contributed by atoms with Crippen LogP contribution in [0.5, 0.6) is 0 Å². The normalized spacial score (nSPS) is 12.3. The van der Waals surface area contributed by atoms with Crippen LogP contribution >= 0.6 is 11.6 Å². The average Bonchev–Trinajstić information content (AvgIpc) is 2.20. The van der Waals surface area contributed by atoms with E-state index in [-0.39, 0.29) is 23.6 Å². The number of nitrogens with one attached hydrogen (secondary N) is 1. The SMILES string of the molecule is CC(O)CCC(=O)Nc1c(F)cc(F)cc1Cl. The number of halogens is 3. The van der Waals surface area contributed by atoms with Crippen LogP contribution in [0.4, 0.5) is 14.5 Å². The van der Waals surface area contributed by atoms with Crippen molar-refractivity contribution in [1.29, 1.82) is 0 Å². The summed E-state index contributed by atoms with van der Waals surface area (Å²) in [4.78, 5) is 11.4. The molecule has 0 saturated carbocycles. The Morgan fingerprint density at radius 1 is 1.53 bits per heavy atom. The van der Waals surface area contributed by atoms with Gasteiger partial charge in [-0.15, -0.1) is 0 Å². The molecule has 6 heteroatoms. The number of carbonyl (C=O) groups is 1. The minimum atomic E-state index is -0.930. The van der Waals surface area contributed by atoms with Crippen molar-refractivity contribution in [3.05, 3.63) is 28.8 Å². The minimum Gasteiger partial charge on any atom is -0.393 e. The fourth-order valence-electron chi connectivity index (χ4n) is 1.20. The molecule has 1 aromatic carbocycles. The lowest BCUT2D eigenvalue weighted by molar-refractivity contribution is -0.116. The number of hydrogen-bond donors (Lipinski definition) is 2. The van der Waals surface area contributed by atoms with Gasteiger partial charge in [0.1, 0.15) is 5.82 Å². The summed E-state index contributed by atoms with van der Waals surface area (Å²) in [6.07, 6.45) is -0.328. The lowest BCUT2D eigenvalue weighted by Crippen LogP contribution is -2.15. The summed E-state index contributed by atoms with van der Waals surface area (Å²) >= 11 is 5.60. The summed E-state index contributed by atoms with van der Waals surface area (Å²) in [6.45, 7) is 1.54. The monoisotopic (exact) mass is 263 g/mol. The molecule has 0 aromatic heterocycles. The molecule has 3 nitrogen and oxygen atoms in total. The molecule has 2 N–H and O–H groups in total. The maximum absolute atomic E-state index is 13.3. The van der Waals surface area contributed by atoms with Gasteiger partial charge in [0.25, 0.3) is 0 Å². The average molecular weight is 264 g/mol. The third kappa shape index (κ3) is 4.28. The van der Waals surface area contributed by atoms with Crippen molar-refractivity contribution >= 4 is 23.2 Å². The molecule has 0 aliphatic carbocycles. The van der Waals surface area contributed by atoms with Gasteiger partial charge in [0.05, 0.1) is 16.8 Å². The van der Waals surface area contributed by atoms with Gasteiger partial charge in [-0.2, -0.15) is 0 Å². The zero-order valence-electron chi connectivity index (χ0n) is 9.14. The van der Waals surface area contributed by atoms with Crippen LogP contribution in [0, 0.1) is 11.6 Å². The first-order chi connectivity index (χ1) is 7.90. The molecule has 0 aliphatic rings. The van der Waals surface area contributed by atoms with Crippen LogP contribution in [0.25, 0.3) is 0 Å². The Hall–Kier alpha value is -1.20. The number of rotatable bonds is 4. The lowest BCUT2D eigenvalue weighted by atomic mass is 10.2. The first-order valence-electron chi connectivity index (χ1n) is 5.02. The molecule has 0 radical (unpaired) electrons. The van der Waals surface area contributed by atoms with Crippen LogP contribution in [-0.2, 0) is 4.79 Å². The second-order valence-electron chi connectivity index (χ2n) is 3.68. The number of hydrogen-bond acceptors (Lipinski definition) is 2. The zero-order valence-corrected chi connectivity index (χ0v) is 9.89. The van der Waals surface area contributed by atoms with E-state index in [1.54, 1.807) is 6.92 Å². The summed E-state index contributed by atoms with van der Waals surface area (Å²) in [6, 6.07) is 1.55. The Kier molecular flexibility index (Phi) is 4.84. The summed E-state index contributed by atoms with van der Waals surface area (Å²) in [7, 11) is 0. The van der Waals surface area contributed by atoms with Crippen LogP contribution in [0.15, 0.2) is 12.1 Å². The van der Waals surface area contributed by atoms with Gasteiger partial charge in [0.15, 0.2) is 5.82 Å². The Balaban J connectivity index is 2.72. The van der Waals surface area contributed by atoms with Crippen LogP contribution in [-0.4, -0.2) is 17.1 Å². The summed E-state index contributed by atoms with van der Waals surface area (Å²) in [5, 5.41) is 11.0. The fraction of sp³-hybridized carbons (Fsp3) is 0.364. The maximum Gasteiger partial charge on any atom is 0.224 e. The summed E-state index contributed by atoms with van der Waals surface area (Å²) in [5.74, 6) is -2.23. The molecule has 0 aliphatic heterocycles. The Labute approximate surface area is 102 Å². The van der Waals surface area contributed by atoms with E-state index in [4.69, 9.17) is 16.7 Å². The first-order valence-corrected chi connectivity index (χ1v) is 5.40. The first kappa shape index (κ1) is 13.9. The number of amides is 1. The van der Waals surface area contributed by atoms with Crippen molar-refractivity contribution in [2.24, 2.45) is 0 Å². The Bertz CT molecular complexity index is 401. The number of anilines is 1. The molecule has 0 saturated heterocycles. The van der Waals surface area contributed by atoms with Crippen molar-refractivity contribution in [2.45, 2.75) is 25.9 Å². The van der Waals surface area contributed by atoms with Gasteiger partial charge in [-0.05, 0) is 19.4 Å². The van der Waals surface area contributed by atoms with Crippen molar-refractivity contribution < 1.29 is 18.7 Å². The molecular weight excluding hydrogens is 252 g/mol. The second kappa shape index (κ2) is 5.93. The lowest BCUT2D eigenvalue weighted by Gasteiger charge is -2.09. The minimum absolute atomic E-state index is 0.0326. The number of carbonyl (C=O) groups excluding carboxylic acids is 1. The molecule has 1 amide bonds. The highest BCUT2D eigenvalue weighted by molar-refractivity contribution is 6.33. The van der Waals surface area contributed by atoms with Gasteiger partial charge in [-0.1, -0.05) is 11.6 Å². The van der Waals surface area contributed by atoms with E-state index in [9.17, 15) is 13.6 Å². The Morgan fingerprint density at radius 2 is 2.18 bits per heavy atom. The van der Waals surface area contributed by atoms with E-state index < -0.39 is 23.6 Å². The highest BCUT2D eigenvalue weighted by atomic mass is 35.5. The highest BCUT2D eigenvalue weighted by Crippen LogP contribution is 2.26. The maximum atomic E-state index is 13.3. The van der Waals surface area contributed by atoms with Crippen molar-refractivity contribution in [3.8, 4) is 0 Å². The number of aliphatic hydroxyl groups is 1. The third-order valence-electron chi connectivity index (χ3n) is 2.06. The smallest absolute Gasteiger partial charge is 0.224 e. The molecule has 1 unspecified atom stereocenters. The van der Waals surface area contributed by atoms with E-state index >= 15 is 0 Å². The van der Waals surface area contributed by atoms with Crippen LogP contribution in [0.1, 0.15) is 19.8 Å². The largest absolute Gasteiger partial charge is 0.393 e. The molecule has 0 fully saturated rings. The molecule has 0 bridgehead atoms. The van der Waals surface area contributed by atoms with E-state index in [1.807, 2.05) is 0 Å². The molecule has 1 atom stereocenters. The van der Waals surface area contributed by atoms with Gasteiger partial charge in [-0.25, -0.2) is 8.78 Å². The van der Waals surface area contributed by atoms with Crippen molar-refractivity contribution in [2.75, 3.05) is 5.32 Å². The van der Waals surface area contributed by atoms with Gasteiger partial charge >= 0.3 is 0 Å². The summed E-state index contributed by atoms with van der Waals surface area (Å²) < 4.78 is 26.0. The molecule has 0 heterocycles. The van der Waals surface area contributed by atoms with Crippen molar-refractivity contribution in [1.82, 2.24) is 0 Å². The van der Waals surface area contributed by atoms with E-state index in [2.05, 4.69) is 5.32 Å². The quantitative estimate of drug-likeness (QED) is 0.878. The van der Waals surface area contributed by atoms with Crippen LogP contribution < -0.4 is 5.32 Å². The molecule has 0 spiro atoms. The van der Waals surface area contributed by atoms with Gasteiger partial charge in [-0.3, -0.25) is 4.79 Å². The van der Waals surface area contributed by atoms with Crippen LogP contribution in [0.2, 0.25) is 5.02 Å². The molecule has 94 valence electrons. The van der Waals surface area contributed by atoms with Gasteiger partial charge < -0.3 is 10.4 Å². The number of aliphatic hydroxyl groups excluding tert-OH is 1. The summed E-state index contributed by atoms with van der Waals surface area (Å²) in [5.41, 5.74) is -0.247. The van der Waals surface area contributed by atoms with E-state index in [1.165, 1.54) is 0 Å². The molecule has 1 rings (SSSR count). The highest BCUT2D eigenvalue weighted by Gasteiger charge is 2.13. The zero-order chi connectivity index (χ0) is 13.0.